The molecule has 0 radical (unpaired) electrons. The fourth-order valence-electron chi connectivity index (χ4n) is 6.40. The number of thiocarbonyl (C=S) groups is 1. The van der Waals surface area contributed by atoms with E-state index < -0.39 is 0 Å². The van der Waals surface area contributed by atoms with E-state index in [9.17, 15) is 4.79 Å². The summed E-state index contributed by atoms with van der Waals surface area (Å²) in [6.45, 7) is 10.5. The third kappa shape index (κ3) is 6.71. The van der Waals surface area contributed by atoms with Gasteiger partial charge in [-0.05, 0) is 124 Å². The van der Waals surface area contributed by atoms with Crippen LogP contribution in [0.2, 0.25) is 0 Å². The molecule has 3 heterocycles. The number of carbonyl (C=O) groups excluding carboxylic acids is 1. The fourth-order valence-corrected chi connectivity index (χ4v) is 6.75. The van der Waals surface area contributed by atoms with Gasteiger partial charge in [-0.2, -0.15) is 0 Å². The Hall–Kier alpha value is -5.15. The average molecular weight is 645 g/mol. The zero-order valence-electron chi connectivity index (χ0n) is 27.2. The number of nitrogens with zero attached hydrogens (tertiary/aromatic N) is 4. The quantitative estimate of drug-likeness (QED) is 0.144. The van der Waals surface area contributed by atoms with Gasteiger partial charge in [-0.25, -0.2) is 0 Å². The summed E-state index contributed by atoms with van der Waals surface area (Å²) in [5.41, 5.74) is 8.29. The molecule has 6 rings (SSSR count). The Labute approximate surface area is 282 Å². The molecule has 2 atom stereocenters. The Morgan fingerprint density at radius 1 is 0.915 bits per heavy atom. The Morgan fingerprint density at radius 3 is 2.26 bits per heavy atom. The molecular formula is C38H40N6O2S. The van der Waals surface area contributed by atoms with Crippen LogP contribution in [0.1, 0.15) is 48.6 Å². The van der Waals surface area contributed by atoms with Gasteiger partial charge in [-0.1, -0.05) is 24.3 Å². The number of carbonyl (C=O) groups is 1. The molecule has 0 saturated carbocycles. The monoisotopic (exact) mass is 644 g/mol. The van der Waals surface area contributed by atoms with Gasteiger partial charge in [0, 0.05) is 53.4 Å². The highest BCUT2D eigenvalue weighted by atomic mass is 32.1. The van der Waals surface area contributed by atoms with Crippen molar-refractivity contribution in [2.45, 2.75) is 39.8 Å². The molecule has 5 aromatic rings. The van der Waals surface area contributed by atoms with Crippen molar-refractivity contribution in [3.05, 3.63) is 132 Å². The lowest BCUT2D eigenvalue weighted by atomic mass is 9.96. The van der Waals surface area contributed by atoms with Crippen LogP contribution in [-0.4, -0.2) is 40.3 Å². The predicted octanol–water partition coefficient (Wildman–Crippen LogP) is 7.53. The lowest BCUT2D eigenvalue weighted by Crippen LogP contribution is -2.29. The molecule has 3 aromatic carbocycles. The number of hydrogen-bond donors (Lipinski definition) is 2. The first-order chi connectivity index (χ1) is 22.9. The second-order valence-corrected chi connectivity index (χ2v) is 11.9. The van der Waals surface area contributed by atoms with Crippen molar-refractivity contribution in [2.75, 3.05) is 34.8 Å². The van der Waals surface area contributed by atoms with Crippen LogP contribution >= 0.6 is 12.2 Å². The van der Waals surface area contributed by atoms with Gasteiger partial charge in [-0.3, -0.25) is 9.78 Å². The standard InChI is InChI=1S/C38H40N6O2S/c1-5-42(6-2)29-19-21-30(22-20-29)43-26(3)24-33(27(43)4)37-36(34-14-10-11-23-39-34)41-38(47)44(37)31-17-15-28(16-18-31)40-35(45)25-46-32-12-8-7-9-13-32/h7-24,36-37H,5-6,25H2,1-4H3,(H,40,45)(H,41,47)/t36-,37-/m0/s1. The van der Waals surface area contributed by atoms with Gasteiger partial charge < -0.3 is 29.7 Å². The highest BCUT2D eigenvalue weighted by Gasteiger charge is 2.42. The van der Waals surface area contributed by atoms with Gasteiger partial charge >= 0.3 is 0 Å². The van der Waals surface area contributed by atoms with Crippen molar-refractivity contribution in [2.24, 2.45) is 0 Å². The van der Waals surface area contributed by atoms with Crippen LogP contribution in [0.15, 0.2) is 109 Å². The van der Waals surface area contributed by atoms with Crippen LogP contribution < -0.4 is 25.2 Å². The number of anilines is 3. The normalized spacial score (nSPS) is 15.7. The molecule has 1 aliphatic rings. The molecule has 8 nitrogen and oxygen atoms in total. The molecule has 47 heavy (non-hydrogen) atoms. The maximum atomic E-state index is 12.6. The Bertz CT molecular complexity index is 1820. The predicted molar refractivity (Wildman–Crippen MR) is 194 cm³/mol. The number of pyridine rings is 1. The maximum Gasteiger partial charge on any atom is 0.262 e. The first-order valence-electron chi connectivity index (χ1n) is 16.0. The van der Waals surface area contributed by atoms with Gasteiger partial charge in [0.2, 0.25) is 0 Å². The molecule has 0 bridgehead atoms. The number of hydrogen-bond acceptors (Lipinski definition) is 5. The Kier molecular flexibility index (Phi) is 9.54. The number of aromatic nitrogens is 2. The van der Waals surface area contributed by atoms with Crippen molar-refractivity contribution in [3.8, 4) is 11.4 Å². The second-order valence-electron chi connectivity index (χ2n) is 11.5. The summed E-state index contributed by atoms with van der Waals surface area (Å²) in [4.78, 5) is 21.8. The minimum atomic E-state index is -0.231. The third-order valence-electron chi connectivity index (χ3n) is 8.67. The van der Waals surface area contributed by atoms with Gasteiger partial charge in [-0.15, -0.1) is 0 Å². The summed E-state index contributed by atoms with van der Waals surface area (Å²) in [7, 11) is 0. The van der Waals surface area contributed by atoms with E-state index in [2.05, 4.69) is 83.0 Å². The smallest absolute Gasteiger partial charge is 0.262 e. The van der Waals surface area contributed by atoms with Gasteiger partial charge in [0.1, 0.15) is 5.75 Å². The summed E-state index contributed by atoms with van der Waals surface area (Å²) in [6.07, 6.45) is 1.82. The van der Waals surface area contributed by atoms with E-state index >= 15 is 0 Å². The highest BCUT2D eigenvalue weighted by molar-refractivity contribution is 7.80. The van der Waals surface area contributed by atoms with Gasteiger partial charge in [0.25, 0.3) is 5.91 Å². The molecule has 1 fully saturated rings. The number of para-hydroxylation sites is 1. The van der Waals surface area contributed by atoms with Crippen LogP contribution in [0, 0.1) is 13.8 Å². The molecule has 2 aromatic heterocycles. The molecular weight excluding hydrogens is 605 g/mol. The van der Waals surface area contributed by atoms with Crippen molar-refractivity contribution in [1.82, 2.24) is 14.9 Å². The summed E-state index contributed by atoms with van der Waals surface area (Å²) < 4.78 is 7.91. The van der Waals surface area contributed by atoms with E-state index in [1.165, 1.54) is 5.69 Å². The van der Waals surface area contributed by atoms with Crippen molar-refractivity contribution < 1.29 is 9.53 Å². The van der Waals surface area contributed by atoms with Crippen molar-refractivity contribution in [3.63, 3.8) is 0 Å². The largest absolute Gasteiger partial charge is 0.484 e. The zero-order valence-corrected chi connectivity index (χ0v) is 28.0. The van der Waals surface area contributed by atoms with Crippen LogP contribution in [0.3, 0.4) is 0 Å². The van der Waals surface area contributed by atoms with Crippen LogP contribution in [0.5, 0.6) is 5.75 Å². The average Bonchev–Trinajstić information content (AvgIpc) is 3.60. The number of benzene rings is 3. The van der Waals surface area contributed by atoms with Crippen molar-refractivity contribution in [1.29, 1.82) is 0 Å². The van der Waals surface area contributed by atoms with Crippen LogP contribution in [0.25, 0.3) is 5.69 Å². The molecule has 1 amide bonds. The minimum absolute atomic E-state index is 0.0759. The van der Waals surface area contributed by atoms with Crippen LogP contribution in [-0.2, 0) is 4.79 Å². The molecule has 1 saturated heterocycles. The number of aryl methyl sites for hydroxylation is 1. The molecule has 9 heteroatoms. The molecule has 240 valence electrons. The number of amides is 1. The number of rotatable bonds is 11. The van der Waals surface area contributed by atoms with Gasteiger partial charge in [0.05, 0.1) is 17.8 Å². The van der Waals surface area contributed by atoms with Crippen molar-refractivity contribution >= 4 is 40.3 Å². The summed E-state index contributed by atoms with van der Waals surface area (Å²) in [5.74, 6) is 0.420. The number of ether oxygens (including phenoxy) is 1. The first kappa shape index (κ1) is 31.8. The minimum Gasteiger partial charge on any atom is -0.484 e. The Balaban J connectivity index is 1.30. The SMILES string of the molecule is CCN(CC)c1ccc(-n2c(C)cc([C@H]3[C@H](c4ccccn4)NC(=S)N3c3ccc(NC(=O)COc4ccccc4)cc3)c2C)cc1. The van der Waals surface area contributed by atoms with E-state index in [0.29, 0.717) is 16.5 Å². The summed E-state index contributed by atoms with van der Waals surface area (Å²) >= 11 is 5.99. The summed E-state index contributed by atoms with van der Waals surface area (Å²) in [6, 6.07) is 33.8. The molecule has 1 aliphatic heterocycles. The highest BCUT2D eigenvalue weighted by Crippen LogP contribution is 2.44. The molecule has 0 aliphatic carbocycles. The Morgan fingerprint density at radius 2 is 1.60 bits per heavy atom. The van der Waals surface area contributed by atoms with E-state index in [-0.39, 0.29) is 24.6 Å². The molecule has 0 unspecified atom stereocenters. The fraction of sp³-hybridized carbons (Fsp3) is 0.237. The molecule has 0 spiro atoms. The van der Waals surface area contributed by atoms with E-state index in [1.54, 1.807) is 0 Å². The lowest BCUT2D eigenvalue weighted by Gasteiger charge is -2.28. The maximum absolute atomic E-state index is 12.6. The van der Waals surface area contributed by atoms with E-state index in [4.69, 9.17) is 21.9 Å². The van der Waals surface area contributed by atoms with E-state index in [0.717, 1.165) is 47.1 Å². The van der Waals surface area contributed by atoms with Gasteiger partial charge in [0.15, 0.2) is 11.7 Å². The first-order valence-corrected chi connectivity index (χ1v) is 16.4. The molecule has 2 N–H and O–H groups in total. The third-order valence-corrected chi connectivity index (χ3v) is 8.98. The summed E-state index contributed by atoms with van der Waals surface area (Å²) in [5, 5.41) is 7.11. The second kappa shape index (κ2) is 14.1. The van der Waals surface area contributed by atoms with E-state index in [1.807, 2.05) is 79.0 Å². The van der Waals surface area contributed by atoms with Crippen LogP contribution in [0.4, 0.5) is 17.1 Å². The zero-order chi connectivity index (χ0) is 32.9. The lowest BCUT2D eigenvalue weighted by molar-refractivity contribution is -0.118. The topological polar surface area (TPSA) is 74.7 Å². The number of nitrogens with one attached hydrogen (secondary N) is 2.